The second-order valence-electron chi connectivity index (χ2n) is 4.15. The Morgan fingerprint density at radius 1 is 1.64 bits per heavy atom. The molecule has 76 valence electrons. The minimum atomic E-state index is 0.583. The summed E-state index contributed by atoms with van der Waals surface area (Å²) in [6.45, 7) is 12.1. The predicted octanol–water partition coefficient (Wildman–Crippen LogP) is 3.54. The minimum absolute atomic E-state index is 0.583. The summed E-state index contributed by atoms with van der Waals surface area (Å²) in [5.74, 6) is 0.583. The van der Waals surface area contributed by atoms with Crippen LogP contribution >= 0.6 is 0 Å². The highest BCUT2D eigenvalue weighted by Gasteiger charge is 2.05. The van der Waals surface area contributed by atoms with Gasteiger partial charge in [-0.3, -0.25) is 0 Å². The van der Waals surface area contributed by atoms with Crippen molar-refractivity contribution in [1.29, 1.82) is 0 Å². The largest absolute Gasteiger partial charge is 0.362 e. The summed E-state index contributed by atoms with van der Waals surface area (Å²) in [6.07, 6.45) is 8.39. The maximum absolute atomic E-state index is 3.94. The van der Waals surface area contributed by atoms with E-state index in [4.69, 9.17) is 0 Å². The smallest absolute Gasteiger partial charge is 0.0303 e. The molecule has 1 aliphatic heterocycles. The molecular weight excluding hydrogens is 170 g/mol. The number of rotatable bonds is 2. The van der Waals surface area contributed by atoms with Gasteiger partial charge in [0.25, 0.3) is 0 Å². The fourth-order valence-corrected chi connectivity index (χ4v) is 1.57. The van der Waals surface area contributed by atoms with E-state index in [1.807, 2.05) is 6.08 Å². The Labute approximate surface area is 86.9 Å². The molecule has 1 unspecified atom stereocenters. The zero-order chi connectivity index (χ0) is 10.6. The van der Waals surface area contributed by atoms with E-state index in [0.717, 1.165) is 18.5 Å². The Hall–Kier alpha value is -1.24. The molecule has 0 spiro atoms. The maximum Gasteiger partial charge on any atom is 0.0303 e. The molecule has 0 bridgehead atoms. The van der Waals surface area contributed by atoms with Gasteiger partial charge >= 0.3 is 0 Å². The van der Waals surface area contributed by atoms with E-state index >= 15 is 0 Å². The molecule has 0 amide bonds. The van der Waals surface area contributed by atoms with Crippen LogP contribution in [0.1, 0.15) is 26.7 Å². The Morgan fingerprint density at radius 2 is 2.36 bits per heavy atom. The van der Waals surface area contributed by atoms with Gasteiger partial charge in [0.1, 0.15) is 0 Å². The van der Waals surface area contributed by atoms with Crippen LogP contribution in [0.25, 0.3) is 0 Å². The SMILES string of the molecule is C=C(C)C/C1=C/NC(=C)/C=C\C(C)C1. The molecule has 1 aliphatic rings. The van der Waals surface area contributed by atoms with Crippen LogP contribution < -0.4 is 5.32 Å². The van der Waals surface area contributed by atoms with Gasteiger partial charge in [-0.25, -0.2) is 0 Å². The van der Waals surface area contributed by atoms with Crippen molar-refractivity contribution in [1.82, 2.24) is 5.32 Å². The zero-order valence-corrected chi connectivity index (χ0v) is 9.14. The van der Waals surface area contributed by atoms with E-state index < -0.39 is 0 Å². The quantitative estimate of drug-likeness (QED) is 0.655. The highest BCUT2D eigenvalue weighted by molar-refractivity contribution is 5.22. The molecule has 0 radical (unpaired) electrons. The second kappa shape index (κ2) is 4.85. The molecule has 0 fully saturated rings. The van der Waals surface area contributed by atoms with E-state index in [2.05, 4.69) is 44.6 Å². The van der Waals surface area contributed by atoms with Crippen molar-refractivity contribution < 1.29 is 0 Å². The lowest BCUT2D eigenvalue weighted by Gasteiger charge is -2.15. The molecule has 1 atom stereocenters. The molecule has 0 aromatic rings. The van der Waals surface area contributed by atoms with Gasteiger partial charge in [-0.15, -0.1) is 0 Å². The average Bonchev–Trinajstić information content (AvgIpc) is 2.08. The molecule has 0 aromatic heterocycles. The van der Waals surface area contributed by atoms with E-state index in [9.17, 15) is 0 Å². The number of allylic oxidation sites excluding steroid dienone is 4. The van der Waals surface area contributed by atoms with Gasteiger partial charge in [-0.2, -0.15) is 0 Å². The maximum atomic E-state index is 3.94. The predicted molar refractivity (Wildman–Crippen MR) is 62.7 cm³/mol. The molecule has 1 rings (SSSR count). The van der Waals surface area contributed by atoms with Gasteiger partial charge in [-0.05, 0) is 37.3 Å². The van der Waals surface area contributed by atoms with Crippen LogP contribution in [0.3, 0.4) is 0 Å². The number of hydrogen-bond donors (Lipinski definition) is 1. The zero-order valence-electron chi connectivity index (χ0n) is 9.14. The molecule has 1 nitrogen and oxygen atoms in total. The third-order valence-corrected chi connectivity index (χ3v) is 2.20. The van der Waals surface area contributed by atoms with Gasteiger partial charge < -0.3 is 5.32 Å². The van der Waals surface area contributed by atoms with Gasteiger partial charge in [-0.1, -0.05) is 31.7 Å². The molecular formula is C13H19N. The summed E-state index contributed by atoms with van der Waals surface area (Å²) in [6, 6.07) is 0. The Bertz CT molecular complexity index is 294. The van der Waals surface area contributed by atoms with Crippen LogP contribution in [-0.2, 0) is 0 Å². The van der Waals surface area contributed by atoms with Crippen molar-refractivity contribution in [3.05, 3.63) is 48.4 Å². The van der Waals surface area contributed by atoms with Gasteiger partial charge in [0.15, 0.2) is 0 Å². The highest BCUT2D eigenvalue weighted by Crippen LogP contribution is 2.20. The molecule has 14 heavy (non-hydrogen) atoms. The van der Waals surface area contributed by atoms with Crippen LogP contribution in [0.5, 0.6) is 0 Å². The second-order valence-corrected chi connectivity index (χ2v) is 4.15. The monoisotopic (exact) mass is 189 g/mol. The van der Waals surface area contributed by atoms with Crippen LogP contribution in [0.15, 0.2) is 48.4 Å². The first-order valence-electron chi connectivity index (χ1n) is 5.04. The average molecular weight is 189 g/mol. The van der Waals surface area contributed by atoms with Crippen molar-refractivity contribution in [2.45, 2.75) is 26.7 Å². The van der Waals surface area contributed by atoms with Crippen molar-refractivity contribution in [3.63, 3.8) is 0 Å². The summed E-state index contributed by atoms with van der Waals surface area (Å²) in [5.41, 5.74) is 3.56. The van der Waals surface area contributed by atoms with Crippen molar-refractivity contribution >= 4 is 0 Å². The third kappa shape index (κ3) is 3.65. The lowest BCUT2D eigenvalue weighted by atomic mass is 9.96. The number of hydrogen-bond acceptors (Lipinski definition) is 1. The summed E-state index contributed by atoms with van der Waals surface area (Å²) >= 11 is 0. The molecule has 1 heteroatoms. The Kier molecular flexibility index (Phi) is 3.75. The summed E-state index contributed by atoms with van der Waals surface area (Å²) < 4.78 is 0. The topological polar surface area (TPSA) is 12.0 Å². The molecule has 0 aliphatic carbocycles. The standard InChI is InChI=1S/C13H19N/c1-10(2)7-13-8-11(3)5-6-12(4)14-9-13/h5-6,9,11,14H,1,4,7-8H2,2-3H3/b6-5-,13-9-. The molecule has 1 N–H and O–H groups in total. The fourth-order valence-electron chi connectivity index (χ4n) is 1.57. The first-order valence-corrected chi connectivity index (χ1v) is 5.04. The number of nitrogens with one attached hydrogen (secondary N) is 1. The Balaban J connectivity index is 2.70. The minimum Gasteiger partial charge on any atom is -0.362 e. The summed E-state index contributed by atoms with van der Waals surface area (Å²) in [7, 11) is 0. The van der Waals surface area contributed by atoms with Crippen LogP contribution in [0.2, 0.25) is 0 Å². The first-order chi connectivity index (χ1) is 6.58. The van der Waals surface area contributed by atoms with Gasteiger partial charge in [0.05, 0.1) is 0 Å². The van der Waals surface area contributed by atoms with E-state index in [1.54, 1.807) is 0 Å². The molecule has 0 aromatic carbocycles. The van der Waals surface area contributed by atoms with Crippen LogP contribution in [0, 0.1) is 5.92 Å². The molecule has 1 heterocycles. The molecule has 0 saturated carbocycles. The highest BCUT2D eigenvalue weighted by atomic mass is 14.8. The van der Waals surface area contributed by atoms with Gasteiger partial charge in [0.2, 0.25) is 0 Å². The van der Waals surface area contributed by atoms with E-state index in [-0.39, 0.29) is 0 Å². The Morgan fingerprint density at radius 3 is 3.00 bits per heavy atom. The fraction of sp³-hybridized carbons (Fsp3) is 0.385. The summed E-state index contributed by atoms with van der Waals surface area (Å²) in [4.78, 5) is 0. The van der Waals surface area contributed by atoms with E-state index in [1.165, 1.54) is 11.1 Å². The lowest BCUT2D eigenvalue weighted by molar-refractivity contribution is 0.691. The van der Waals surface area contributed by atoms with Crippen molar-refractivity contribution in [3.8, 4) is 0 Å². The lowest BCUT2D eigenvalue weighted by Crippen LogP contribution is -2.08. The van der Waals surface area contributed by atoms with Crippen molar-refractivity contribution in [2.24, 2.45) is 5.92 Å². The normalized spacial score (nSPS) is 28.0. The van der Waals surface area contributed by atoms with Crippen LogP contribution in [-0.4, -0.2) is 0 Å². The summed E-state index contributed by atoms with van der Waals surface area (Å²) in [5, 5.41) is 3.18. The molecule has 0 saturated heterocycles. The van der Waals surface area contributed by atoms with Gasteiger partial charge in [0, 0.05) is 11.9 Å². The first kappa shape index (κ1) is 10.8. The van der Waals surface area contributed by atoms with Crippen LogP contribution in [0.4, 0.5) is 0 Å². The van der Waals surface area contributed by atoms with E-state index in [0.29, 0.717) is 5.92 Å². The van der Waals surface area contributed by atoms with Crippen molar-refractivity contribution in [2.75, 3.05) is 0 Å². The third-order valence-electron chi connectivity index (χ3n) is 2.20.